The SMILES string of the molecule is Cc1ccc(COC(=O)N2CCC(CNC(=O)c3ccnc(N4CCCCCC4)c3)CC2)cc1. The van der Waals surface area contributed by atoms with Crippen LogP contribution < -0.4 is 10.2 Å². The Kier molecular flexibility index (Phi) is 8.39. The summed E-state index contributed by atoms with van der Waals surface area (Å²) in [6.07, 6.45) is 8.06. The average Bonchev–Trinajstić information content (AvgIpc) is 3.17. The highest BCUT2D eigenvalue weighted by Crippen LogP contribution is 2.20. The van der Waals surface area contributed by atoms with Crippen LogP contribution in [0.4, 0.5) is 10.6 Å². The largest absolute Gasteiger partial charge is 0.445 e. The van der Waals surface area contributed by atoms with Crippen molar-refractivity contribution in [2.24, 2.45) is 5.92 Å². The number of amides is 2. The van der Waals surface area contributed by atoms with Gasteiger partial charge >= 0.3 is 6.09 Å². The van der Waals surface area contributed by atoms with Crippen LogP contribution >= 0.6 is 0 Å². The maximum atomic E-state index is 12.8. The second-order valence-electron chi connectivity index (χ2n) is 9.48. The first-order chi connectivity index (χ1) is 16.6. The molecular formula is C27H36N4O3. The Morgan fingerprint density at radius 2 is 1.71 bits per heavy atom. The van der Waals surface area contributed by atoms with Gasteiger partial charge in [-0.05, 0) is 56.2 Å². The molecule has 0 saturated carbocycles. The second kappa shape index (κ2) is 11.9. The minimum Gasteiger partial charge on any atom is -0.445 e. The number of piperidine rings is 1. The summed E-state index contributed by atoms with van der Waals surface area (Å²) in [6.45, 7) is 6.26. The van der Waals surface area contributed by atoms with Gasteiger partial charge in [0.05, 0.1) is 0 Å². The highest BCUT2D eigenvalue weighted by Gasteiger charge is 2.24. The predicted molar refractivity (Wildman–Crippen MR) is 133 cm³/mol. The molecule has 0 radical (unpaired) electrons. The fraction of sp³-hybridized carbons (Fsp3) is 0.519. The Balaban J connectivity index is 1.19. The minimum absolute atomic E-state index is 0.0570. The Morgan fingerprint density at radius 3 is 2.41 bits per heavy atom. The number of aromatic nitrogens is 1. The quantitative estimate of drug-likeness (QED) is 0.679. The zero-order valence-corrected chi connectivity index (χ0v) is 20.2. The average molecular weight is 465 g/mol. The summed E-state index contributed by atoms with van der Waals surface area (Å²) in [5, 5.41) is 3.09. The molecule has 3 heterocycles. The summed E-state index contributed by atoms with van der Waals surface area (Å²) in [5.74, 6) is 1.20. The number of anilines is 1. The van der Waals surface area contributed by atoms with Gasteiger partial charge < -0.3 is 19.9 Å². The van der Waals surface area contributed by atoms with Crippen LogP contribution in [0.2, 0.25) is 0 Å². The van der Waals surface area contributed by atoms with Crippen molar-refractivity contribution in [3.8, 4) is 0 Å². The number of nitrogens with one attached hydrogen (secondary N) is 1. The van der Waals surface area contributed by atoms with E-state index in [1.165, 1.54) is 31.2 Å². The Morgan fingerprint density at radius 1 is 1.00 bits per heavy atom. The number of nitrogens with zero attached hydrogens (tertiary/aromatic N) is 3. The van der Waals surface area contributed by atoms with Crippen LogP contribution in [0.25, 0.3) is 0 Å². The summed E-state index contributed by atoms with van der Waals surface area (Å²) in [4.78, 5) is 33.7. The van der Waals surface area contributed by atoms with E-state index in [1.807, 2.05) is 37.3 Å². The predicted octanol–water partition coefficient (Wildman–Crippen LogP) is 4.55. The van der Waals surface area contributed by atoms with Crippen LogP contribution in [0.3, 0.4) is 0 Å². The number of hydrogen-bond donors (Lipinski definition) is 1. The molecule has 0 aliphatic carbocycles. The van der Waals surface area contributed by atoms with Crippen LogP contribution in [0.5, 0.6) is 0 Å². The van der Waals surface area contributed by atoms with Crippen molar-refractivity contribution in [1.82, 2.24) is 15.2 Å². The second-order valence-corrected chi connectivity index (χ2v) is 9.48. The van der Waals surface area contributed by atoms with Gasteiger partial charge in [-0.2, -0.15) is 0 Å². The van der Waals surface area contributed by atoms with Crippen LogP contribution in [0.15, 0.2) is 42.6 Å². The Bertz CT molecular complexity index is 947. The molecule has 1 aromatic carbocycles. The van der Waals surface area contributed by atoms with Gasteiger partial charge in [-0.3, -0.25) is 4.79 Å². The highest BCUT2D eigenvalue weighted by molar-refractivity contribution is 5.94. The molecule has 2 aromatic rings. The number of rotatable bonds is 6. The van der Waals surface area contributed by atoms with E-state index < -0.39 is 0 Å². The molecule has 7 heteroatoms. The van der Waals surface area contributed by atoms with Crippen molar-refractivity contribution < 1.29 is 14.3 Å². The summed E-state index contributed by atoms with van der Waals surface area (Å²) in [6, 6.07) is 11.7. The fourth-order valence-electron chi connectivity index (χ4n) is 4.61. The molecule has 2 saturated heterocycles. The smallest absolute Gasteiger partial charge is 0.410 e. The lowest BCUT2D eigenvalue weighted by Crippen LogP contribution is -2.41. The molecule has 4 rings (SSSR count). The van der Waals surface area contributed by atoms with Crippen molar-refractivity contribution in [3.63, 3.8) is 0 Å². The van der Waals surface area contributed by atoms with Crippen molar-refractivity contribution >= 4 is 17.8 Å². The van der Waals surface area contributed by atoms with Gasteiger partial charge in [0.2, 0.25) is 0 Å². The lowest BCUT2D eigenvalue weighted by molar-refractivity contribution is 0.0801. The molecular weight excluding hydrogens is 428 g/mol. The molecule has 0 spiro atoms. The van der Waals surface area contributed by atoms with E-state index in [-0.39, 0.29) is 12.0 Å². The molecule has 182 valence electrons. The number of benzene rings is 1. The van der Waals surface area contributed by atoms with Gasteiger partial charge in [0.1, 0.15) is 12.4 Å². The first-order valence-electron chi connectivity index (χ1n) is 12.5. The number of aryl methyl sites for hydroxylation is 1. The number of carbonyl (C=O) groups is 2. The summed E-state index contributed by atoms with van der Waals surface area (Å²) >= 11 is 0. The number of likely N-dealkylation sites (tertiary alicyclic amines) is 1. The molecule has 0 bridgehead atoms. The van der Waals surface area contributed by atoms with E-state index in [4.69, 9.17) is 4.74 Å². The summed E-state index contributed by atoms with van der Waals surface area (Å²) < 4.78 is 5.48. The van der Waals surface area contributed by atoms with Crippen molar-refractivity contribution in [1.29, 1.82) is 0 Å². The van der Waals surface area contributed by atoms with Gasteiger partial charge in [-0.25, -0.2) is 9.78 Å². The number of ether oxygens (including phenoxy) is 1. The summed E-state index contributed by atoms with van der Waals surface area (Å²) in [5.41, 5.74) is 2.84. The molecule has 2 aliphatic rings. The molecule has 0 unspecified atom stereocenters. The van der Waals surface area contributed by atoms with Crippen molar-refractivity contribution in [2.75, 3.05) is 37.6 Å². The lowest BCUT2D eigenvalue weighted by Gasteiger charge is -2.31. The van der Waals surface area contributed by atoms with Crippen LogP contribution in [0.1, 0.15) is 60.0 Å². The molecule has 2 aliphatic heterocycles. The van der Waals surface area contributed by atoms with E-state index >= 15 is 0 Å². The molecule has 0 atom stereocenters. The van der Waals surface area contributed by atoms with Gasteiger partial charge in [-0.1, -0.05) is 42.7 Å². The molecule has 2 amide bonds. The topological polar surface area (TPSA) is 74.8 Å². The third kappa shape index (κ3) is 6.72. The number of carbonyl (C=O) groups excluding carboxylic acids is 2. The van der Waals surface area contributed by atoms with E-state index in [0.717, 1.165) is 37.3 Å². The number of hydrogen-bond acceptors (Lipinski definition) is 5. The van der Waals surface area contributed by atoms with E-state index in [0.29, 0.717) is 37.7 Å². The highest BCUT2D eigenvalue weighted by atomic mass is 16.6. The maximum absolute atomic E-state index is 12.8. The minimum atomic E-state index is -0.263. The standard InChI is InChI=1S/C27H36N4O3/c1-21-6-8-23(9-7-21)20-34-27(33)31-16-11-22(12-17-31)19-29-26(32)24-10-13-28-25(18-24)30-14-4-2-3-5-15-30/h6-10,13,18,22H,2-5,11-12,14-17,19-20H2,1H3,(H,29,32). The first kappa shape index (κ1) is 24.0. The lowest BCUT2D eigenvalue weighted by atomic mass is 9.97. The molecule has 1 N–H and O–H groups in total. The monoisotopic (exact) mass is 464 g/mol. The molecule has 34 heavy (non-hydrogen) atoms. The van der Waals surface area contributed by atoms with E-state index in [1.54, 1.807) is 17.2 Å². The van der Waals surface area contributed by atoms with Crippen LogP contribution in [0, 0.1) is 12.8 Å². The fourth-order valence-corrected chi connectivity index (χ4v) is 4.61. The van der Waals surface area contributed by atoms with Gasteiger partial charge in [0.15, 0.2) is 0 Å². The third-order valence-electron chi connectivity index (χ3n) is 6.84. The van der Waals surface area contributed by atoms with Crippen molar-refractivity contribution in [2.45, 2.75) is 52.1 Å². The Hall–Kier alpha value is -3.09. The third-order valence-corrected chi connectivity index (χ3v) is 6.84. The molecule has 1 aromatic heterocycles. The van der Waals surface area contributed by atoms with Crippen LogP contribution in [-0.2, 0) is 11.3 Å². The molecule has 7 nitrogen and oxygen atoms in total. The van der Waals surface area contributed by atoms with Gasteiger partial charge in [-0.15, -0.1) is 0 Å². The first-order valence-corrected chi connectivity index (χ1v) is 12.5. The maximum Gasteiger partial charge on any atom is 0.410 e. The summed E-state index contributed by atoms with van der Waals surface area (Å²) in [7, 11) is 0. The zero-order chi connectivity index (χ0) is 23.8. The van der Waals surface area contributed by atoms with Crippen LogP contribution in [-0.4, -0.2) is 54.6 Å². The van der Waals surface area contributed by atoms with E-state index in [2.05, 4.69) is 15.2 Å². The normalized spacial score (nSPS) is 17.2. The van der Waals surface area contributed by atoms with E-state index in [9.17, 15) is 9.59 Å². The Labute approximate surface area is 202 Å². The molecule has 2 fully saturated rings. The van der Waals surface area contributed by atoms with Crippen molar-refractivity contribution in [3.05, 3.63) is 59.3 Å². The van der Waals surface area contributed by atoms with Gasteiger partial charge in [0, 0.05) is 44.5 Å². The number of pyridine rings is 1. The van der Waals surface area contributed by atoms with Gasteiger partial charge in [0.25, 0.3) is 5.91 Å². The zero-order valence-electron chi connectivity index (χ0n) is 20.2.